The van der Waals surface area contributed by atoms with Gasteiger partial charge in [0, 0.05) is 35.0 Å². The number of ether oxygens (including phenoxy) is 1. The minimum atomic E-state index is 0.304. The lowest BCUT2D eigenvalue weighted by Crippen LogP contribution is -2.23. The third-order valence-electron chi connectivity index (χ3n) is 6.48. The SMILES string of the molecule is CCc1cccc(CC)c1-c1nc(C)c(CN(C)[C@H](C)c2ccccc2)c(OC)c1C. The largest absolute Gasteiger partial charge is 0.496 e. The summed E-state index contributed by atoms with van der Waals surface area (Å²) in [4.78, 5) is 7.51. The van der Waals surface area contributed by atoms with Crippen molar-refractivity contribution < 1.29 is 4.74 Å². The second kappa shape index (κ2) is 10.1. The van der Waals surface area contributed by atoms with Gasteiger partial charge >= 0.3 is 0 Å². The molecule has 0 aliphatic rings. The molecule has 2 aromatic carbocycles. The van der Waals surface area contributed by atoms with Crippen LogP contribution in [0.3, 0.4) is 0 Å². The lowest BCUT2D eigenvalue weighted by Gasteiger charge is -2.27. The summed E-state index contributed by atoms with van der Waals surface area (Å²) >= 11 is 0. The van der Waals surface area contributed by atoms with Crippen molar-refractivity contribution in [3.8, 4) is 17.0 Å². The lowest BCUT2D eigenvalue weighted by molar-refractivity contribution is 0.248. The fourth-order valence-electron chi connectivity index (χ4n) is 4.44. The molecule has 0 saturated carbocycles. The Labute approximate surface area is 188 Å². The third-order valence-corrected chi connectivity index (χ3v) is 6.48. The predicted octanol–water partition coefficient (Wildman–Crippen LogP) is 6.69. The van der Waals surface area contributed by atoms with E-state index in [4.69, 9.17) is 9.72 Å². The molecule has 3 heteroatoms. The summed E-state index contributed by atoms with van der Waals surface area (Å²) in [5.74, 6) is 0.961. The van der Waals surface area contributed by atoms with E-state index in [1.54, 1.807) is 7.11 Å². The normalized spacial score (nSPS) is 12.3. The number of benzene rings is 2. The fourth-order valence-corrected chi connectivity index (χ4v) is 4.44. The summed E-state index contributed by atoms with van der Waals surface area (Å²) in [7, 11) is 3.95. The van der Waals surface area contributed by atoms with Crippen molar-refractivity contribution in [2.24, 2.45) is 0 Å². The van der Waals surface area contributed by atoms with Crippen LogP contribution in [0.25, 0.3) is 11.3 Å². The molecule has 1 heterocycles. The standard InChI is InChI=1S/C28H36N2O/c1-8-22-16-13-17-23(9-2)26(22)27-19(3)28(31-7)25(20(4)29-27)18-30(6)21(5)24-14-11-10-12-15-24/h10-17,21H,8-9,18H2,1-7H3/t21-/m1/s1. The zero-order chi connectivity index (χ0) is 22.5. The zero-order valence-corrected chi connectivity index (χ0v) is 20.1. The van der Waals surface area contributed by atoms with Crippen LogP contribution in [0, 0.1) is 13.8 Å². The lowest BCUT2D eigenvalue weighted by atomic mass is 9.91. The molecule has 0 amide bonds. The van der Waals surface area contributed by atoms with E-state index in [1.165, 1.54) is 27.8 Å². The molecule has 3 aromatic rings. The molecule has 0 radical (unpaired) electrons. The average Bonchev–Trinajstić information content (AvgIpc) is 2.80. The third kappa shape index (κ3) is 4.67. The molecule has 0 fully saturated rings. The molecule has 3 rings (SSSR count). The van der Waals surface area contributed by atoms with Crippen molar-refractivity contribution in [3.63, 3.8) is 0 Å². The van der Waals surface area contributed by atoms with Crippen LogP contribution in [0.4, 0.5) is 0 Å². The number of nitrogens with zero attached hydrogens (tertiary/aromatic N) is 2. The van der Waals surface area contributed by atoms with Gasteiger partial charge in [0.05, 0.1) is 12.8 Å². The Hall–Kier alpha value is -2.65. The monoisotopic (exact) mass is 416 g/mol. The van der Waals surface area contributed by atoms with Crippen LogP contribution >= 0.6 is 0 Å². The first-order valence-electron chi connectivity index (χ1n) is 11.3. The van der Waals surface area contributed by atoms with Gasteiger partial charge in [0.25, 0.3) is 0 Å². The number of hydrogen-bond donors (Lipinski definition) is 0. The van der Waals surface area contributed by atoms with E-state index in [9.17, 15) is 0 Å². The van der Waals surface area contributed by atoms with Gasteiger partial charge in [-0.2, -0.15) is 0 Å². The number of aryl methyl sites for hydroxylation is 3. The van der Waals surface area contributed by atoms with Gasteiger partial charge in [-0.25, -0.2) is 0 Å². The van der Waals surface area contributed by atoms with Crippen molar-refractivity contribution in [2.45, 2.75) is 60.0 Å². The van der Waals surface area contributed by atoms with Gasteiger partial charge in [-0.3, -0.25) is 9.88 Å². The molecule has 3 nitrogen and oxygen atoms in total. The smallest absolute Gasteiger partial charge is 0.130 e. The van der Waals surface area contributed by atoms with E-state index < -0.39 is 0 Å². The summed E-state index contributed by atoms with van der Waals surface area (Å²) in [5, 5.41) is 0. The summed E-state index contributed by atoms with van der Waals surface area (Å²) in [6.07, 6.45) is 1.98. The van der Waals surface area contributed by atoms with E-state index in [2.05, 4.69) is 95.1 Å². The summed E-state index contributed by atoms with van der Waals surface area (Å²) < 4.78 is 5.99. The van der Waals surface area contributed by atoms with Crippen molar-refractivity contribution in [1.82, 2.24) is 9.88 Å². The molecule has 0 saturated heterocycles. The molecule has 1 atom stereocenters. The Morgan fingerprint density at radius 3 is 2.10 bits per heavy atom. The van der Waals surface area contributed by atoms with Crippen molar-refractivity contribution >= 4 is 0 Å². The molecular weight excluding hydrogens is 380 g/mol. The second-order valence-corrected chi connectivity index (χ2v) is 8.34. The zero-order valence-electron chi connectivity index (χ0n) is 20.1. The van der Waals surface area contributed by atoms with Gasteiger partial charge in [-0.05, 0) is 57.4 Å². The minimum Gasteiger partial charge on any atom is -0.496 e. The number of hydrogen-bond acceptors (Lipinski definition) is 3. The van der Waals surface area contributed by atoms with E-state index >= 15 is 0 Å². The first-order valence-corrected chi connectivity index (χ1v) is 11.3. The Morgan fingerprint density at radius 1 is 0.935 bits per heavy atom. The van der Waals surface area contributed by atoms with Gasteiger partial charge in [-0.1, -0.05) is 62.4 Å². The van der Waals surface area contributed by atoms with E-state index in [0.29, 0.717) is 6.04 Å². The molecule has 0 aliphatic carbocycles. The predicted molar refractivity (Wildman–Crippen MR) is 131 cm³/mol. The maximum absolute atomic E-state index is 5.99. The van der Waals surface area contributed by atoms with E-state index in [-0.39, 0.29) is 0 Å². The topological polar surface area (TPSA) is 25.4 Å². The maximum atomic E-state index is 5.99. The molecule has 1 aromatic heterocycles. The van der Waals surface area contributed by atoms with Crippen LogP contribution in [-0.2, 0) is 19.4 Å². The van der Waals surface area contributed by atoms with Gasteiger partial charge in [-0.15, -0.1) is 0 Å². The molecular formula is C28H36N2O. The van der Waals surface area contributed by atoms with Gasteiger partial charge in [0.1, 0.15) is 5.75 Å². The second-order valence-electron chi connectivity index (χ2n) is 8.34. The number of aromatic nitrogens is 1. The van der Waals surface area contributed by atoms with E-state index in [0.717, 1.165) is 42.1 Å². The number of rotatable bonds is 8. The maximum Gasteiger partial charge on any atom is 0.130 e. The molecule has 0 aliphatic heterocycles. The van der Waals surface area contributed by atoms with Crippen LogP contribution in [0.15, 0.2) is 48.5 Å². The summed E-state index contributed by atoms with van der Waals surface area (Å²) in [5.41, 5.74) is 9.68. The first-order chi connectivity index (χ1) is 14.9. The Bertz CT molecular complexity index is 1000. The Kier molecular flexibility index (Phi) is 7.50. The fraction of sp³-hybridized carbons (Fsp3) is 0.393. The summed E-state index contributed by atoms with van der Waals surface area (Å²) in [6, 6.07) is 17.5. The van der Waals surface area contributed by atoms with Crippen LogP contribution in [-0.4, -0.2) is 24.0 Å². The summed E-state index contributed by atoms with van der Waals surface area (Å²) in [6.45, 7) is 11.7. The molecule has 0 N–H and O–H groups in total. The Balaban J connectivity index is 2.05. The molecule has 164 valence electrons. The van der Waals surface area contributed by atoms with Crippen molar-refractivity contribution in [1.29, 1.82) is 0 Å². The highest BCUT2D eigenvalue weighted by atomic mass is 16.5. The number of pyridine rings is 1. The molecule has 31 heavy (non-hydrogen) atoms. The highest BCUT2D eigenvalue weighted by Crippen LogP contribution is 2.38. The van der Waals surface area contributed by atoms with Crippen LogP contribution in [0.1, 0.15) is 60.3 Å². The first kappa shape index (κ1) is 23.0. The van der Waals surface area contributed by atoms with Gasteiger partial charge in [0.15, 0.2) is 0 Å². The van der Waals surface area contributed by atoms with Crippen LogP contribution < -0.4 is 4.74 Å². The van der Waals surface area contributed by atoms with Crippen LogP contribution in [0.5, 0.6) is 5.75 Å². The van der Waals surface area contributed by atoms with Gasteiger partial charge in [0.2, 0.25) is 0 Å². The number of methoxy groups -OCH3 is 1. The van der Waals surface area contributed by atoms with Crippen molar-refractivity contribution in [3.05, 3.63) is 82.0 Å². The Morgan fingerprint density at radius 2 is 1.55 bits per heavy atom. The molecule has 0 bridgehead atoms. The minimum absolute atomic E-state index is 0.304. The molecule has 0 spiro atoms. The van der Waals surface area contributed by atoms with Gasteiger partial charge < -0.3 is 4.74 Å². The average molecular weight is 417 g/mol. The highest BCUT2D eigenvalue weighted by Gasteiger charge is 2.22. The van der Waals surface area contributed by atoms with Crippen LogP contribution in [0.2, 0.25) is 0 Å². The molecule has 0 unspecified atom stereocenters. The van der Waals surface area contributed by atoms with Crippen molar-refractivity contribution in [2.75, 3.05) is 14.2 Å². The van der Waals surface area contributed by atoms with E-state index in [1.807, 2.05) is 0 Å². The quantitative estimate of drug-likeness (QED) is 0.409. The highest BCUT2D eigenvalue weighted by molar-refractivity contribution is 5.73.